The molecule has 0 bridgehead atoms. The average Bonchev–Trinajstić information content (AvgIpc) is 2.73. The highest BCUT2D eigenvalue weighted by Crippen LogP contribution is 2.16. The van der Waals surface area contributed by atoms with Crippen molar-refractivity contribution in [3.8, 4) is 0 Å². The van der Waals surface area contributed by atoms with Gasteiger partial charge in [-0.1, -0.05) is 18.2 Å². The molecule has 7 nitrogen and oxygen atoms in total. The Morgan fingerprint density at radius 2 is 1.69 bits per heavy atom. The number of hydrogen-bond acceptors (Lipinski definition) is 5. The van der Waals surface area contributed by atoms with Crippen LogP contribution in [0.5, 0.6) is 0 Å². The van der Waals surface area contributed by atoms with E-state index in [1.165, 1.54) is 12.1 Å². The lowest BCUT2D eigenvalue weighted by Crippen LogP contribution is -2.23. The Balaban J connectivity index is 1.62. The van der Waals surface area contributed by atoms with E-state index < -0.39 is 10.0 Å². The summed E-state index contributed by atoms with van der Waals surface area (Å²) in [6.45, 7) is 0.366. The normalized spacial score (nSPS) is 11.0. The summed E-state index contributed by atoms with van der Waals surface area (Å²) in [5.41, 5.74) is 1.76. The number of hydrogen-bond donors (Lipinski definition) is 2. The van der Waals surface area contributed by atoms with E-state index >= 15 is 0 Å². The van der Waals surface area contributed by atoms with Crippen LogP contribution in [0.2, 0.25) is 0 Å². The third-order valence-corrected chi connectivity index (χ3v) is 5.57. The lowest BCUT2D eigenvalue weighted by atomic mass is 10.2. The Morgan fingerprint density at radius 3 is 2.34 bits per heavy atom. The van der Waals surface area contributed by atoms with Crippen LogP contribution < -0.4 is 14.9 Å². The largest absolute Gasteiger partial charge is 0.363 e. The second-order valence-electron chi connectivity index (χ2n) is 6.60. The van der Waals surface area contributed by atoms with Crippen LogP contribution in [0.4, 0.5) is 11.5 Å². The molecule has 150 valence electrons. The van der Waals surface area contributed by atoms with E-state index in [1.54, 1.807) is 48.7 Å². The molecule has 3 aromatic rings. The number of aromatic nitrogens is 1. The minimum absolute atomic E-state index is 0.177. The molecule has 0 spiro atoms. The van der Waals surface area contributed by atoms with E-state index in [2.05, 4.69) is 15.0 Å². The topological polar surface area (TPSA) is 91.4 Å². The molecule has 0 saturated heterocycles. The molecular weight excluding hydrogens is 388 g/mol. The van der Waals surface area contributed by atoms with Crippen LogP contribution in [0, 0.1) is 0 Å². The molecule has 0 fully saturated rings. The molecule has 1 heterocycles. The molecule has 0 unspecified atom stereocenters. The first-order valence-corrected chi connectivity index (χ1v) is 10.4. The maximum atomic E-state index is 12.4. The zero-order chi connectivity index (χ0) is 20.9. The molecule has 0 radical (unpaired) electrons. The average molecular weight is 410 g/mol. The molecule has 2 N–H and O–H groups in total. The second-order valence-corrected chi connectivity index (χ2v) is 8.28. The van der Waals surface area contributed by atoms with Crippen LogP contribution in [-0.4, -0.2) is 33.4 Å². The van der Waals surface area contributed by atoms with E-state index in [1.807, 2.05) is 31.1 Å². The van der Waals surface area contributed by atoms with Crippen molar-refractivity contribution < 1.29 is 13.2 Å². The SMILES string of the molecule is CN(C)c1cc(CNC(=O)c2ccc(NS(=O)(=O)c3ccccc3)cc2)ccn1. The van der Waals surface area contributed by atoms with E-state index in [4.69, 9.17) is 0 Å². The molecule has 0 aliphatic carbocycles. The lowest BCUT2D eigenvalue weighted by molar-refractivity contribution is 0.0951. The quantitative estimate of drug-likeness (QED) is 0.625. The fraction of sp³-hybridized carbons (Fsp3) is 0.143. The molecule has 0 aliphatic rings. The highest BCUT2D eigenvalue weighted by molar-refractivity contribution is 7.92. The summed E-state index contributed by atoms with van der Waals surface area (Å²) in [5.74, 6) is 0.567. The van der Waals surface area contributed by atoms with E-state index in [0.29, 0.717) is 17.8 Å². The molecule has 1 aromatic heterocycles. The van der Waals surface area contributed by atoms with Crippen molar-refractivity contribution in [1.82, 2.24) is 10.3 Å². The van der Waals surface area contributed by atoms with Gasteiger partial charge in [-0.2, -0.15) is 0 Å². The molecule has 1 amide bonds. The summed E-state index contributed by atoms with van der Waals surface area (Å²) in [6, 6.07) is 18.1. The fourth-order valence-electron chi connectivity index (χ4n) is 2.60. The van der Waals surface area contributed by atoms with Gasteiger partial charge in [0.05, 0.1) is 4.90 Å². The van der Waals surface area contributed by atoms with Gasteiger partial charge >= 0.3 is 0 Å². The Morgan fingerprint density at radius 1 is 1.00 bits per heavy atom. The fourth-order valence-corrected chi connectivity index (χ4v) is 3.68. The van der Waals surface area contributed by atoms with Gasteiger partial charge in [-0.15, -0.1) is 0 Å². The Labute approximate surface area is 170 Å². The maximum Gasteiger partial charge on any atom is 0.261 e. The predicted octanol–water partition coefficient (Wildman–Crippen LogP) is 2.88. The molecule has 0 aliphatic heterocycles. The molecular formula is C21H22N4O3S. The van der Waals surface area contributed by atoms with Gasteiger partial charge in [-0.05, 0) is 54.1 Å². The second kappa shape index (κ2) is 8.74. The maximum absolute atomic E-state index is 12.4. The van der Waals surface area contributed by atoms with Crippen LogP contribution in [-0.2, 0) is 16.6 Å². The number of nitrogens with one attached hydrogen (secondary N) is 2. The molecule has 2 aromatic carbocycles. The Bertz CT molecular complexity index is 1080. The molecule has 0 saturated carbocycles. The van der Waals surface area contributed by atoms with Gasteiger partial charge < -0.3 is 10.2 Å². The zero-order valence-corrected chi connectivity index (χ0v) is 17.0. The van der Waals surface area contributed by atoms with Crippen LogP contribution in [0.25, 0.3) is 0 Å². The number of rotatable bonds is 7. The molecule has 29 heavy (non-hydrogen) atoms. The first kappa shape index (κ1) is 20.3. The van der Waals surface area contributed by atoms with Crippen molar-refractivity contribution >= 4 is 27.4 Å². The summed E-state index contributed by atoms with van der Waals surface area (Å²) in [7, 11) is 0.138. The van der Waals surface area contributed by atoms with Crippen molar-refractivity contribution in [2.24, 2.45) is 0 Å². The van der Waals surface area contributed by atoms with Crippen LogP contribution in [0.3, 0.4) is 0 Å². The lowest BCUT2D eigenvalue weighted by Gasteiger charge is -2.12. The highest BCUT2D eigenvalue weighted by atomic mass is 32.2. The van der Waals surface area contributed by atoms with Gasteiger partial charge in [0, 0.05) is 38.1 Å². The van der Waals surface area contributed by atoms with Gasteiger partial charge in [0.2, 0.25) is 0 Å². The van der Waals surface area contributed by atoms with Crippen molar-refractivity contribution in [2.75, 3.05) is 23.7 Å². The Kier molecular flexibility index (Phi) is 6.13. The van der Waals surface area contributed by atoms with Crippen LogP contribution in [0.15, 0.2) is 77.8 Å². The predicted molar refractivity (Wildman–Crippen MR) is 113 cm³/mol. The van der Waals surface area contributed by atoms with E-state index in [0.717, 1.165) is 11.4 Å². The number of benzene rings is 2. The van der Waals surface area contributed by atoms with Crippen LogP contribution >= 0.6 is 0 Å². The number of carbonyl (C=O) groups is 1. The first-order valence-electron chi connectivity index (χ1n) is 8.93. The summed E-state index contributed by atoms with van der Waals surface area (Å²) in [5, 5.41) is 2.85. The number of anilines is 2. The van der Waals surface area contributed by atoms with Crippen molar-refractivity contribution in [2.45, 2.75) is 11.4 Å². The third kappa shape index (κ3) is 5.32. The van der Waals surface area contributed by atoms with Gasteiger partial charge in [-0.25, -0.2) is 13.4 Å². The van der Waals surface area contributed by atoms with Gasteiger partial charge in [0.15, 0.2) is 0 Å². The van der Waals surface area contributed by atoms with E-state index in [9.17, 15) is 13.2 Å². The Hall–Kier alpha value is -3.39. The summed E-state index contributed by atoms with van der Waals surface area (Å²) >= 11 is 0. The summed E-state index contributed by atoms with van der Waals surface area (Å²) in [6.07, 6.45) is 1.70. The summed E-state index contributed by atoms with van der Waals surface area (Å²) in [4.78, 5) is 18.7. The third-order valence-electron chi connectivity index (χ3n) is 4.17. The van der Waals surface area contributed by atoms with Crippen molar-refractivity contribution in [3.63, 3.8) is 0 Å². The number of carbonyl (C=O) groups excluding carboxylic acids is 1. The smallest absolute Gasteiger partial charge is 0.261 e. The number of amides is 1. The number of pyridine rings is 1. The minimum Gasteiger partial charge on any atom is -0.363 e. The van der Waals surface area contributed by atoms with Crippen molar-refractivity contribution in [1.29, 1.82) is 0 Å². The zero-order valence-electron chi connectivity index (χ0n) is 16.2. The highest BCUT2D eigenvalue weighted by Gasteiger charge is 2.14. The minimum atomic E-state index is -3.66. The summed E-state index contributed by atoms with van der Waals surface area (Å²) < 4.78 is 27.2. The van der Waals surface area contributed by atoms with Gasteiger partial charge in [0.1, 0.15) is 5.82 Å². The van der Waals surface area contributed by atoms with Gasteiger partial charge in [-0.3, -0.25) is 9.52 Å². The van der Waals surface area contributed by atoms with E-state index in [-0.39, 0.29) is 10.8 Å². The first-order chi connectivity index (χ1) is 13.8. The monoisotopic (exact) mass is 410 g/mol. The van der Waals surface area contributed by atoms with Crippen molar-refractivity contribution in [3.05, 3.63) is 84.1 Å². The number of nitrogens with zero attached hydrogens (tertiary/aromatic N) is 2. The standard InChI is InChI=1S/C21H22N4O3S/c1-25(2)20-14-16(12-13-22-20)15-23-21(26)17-8-10-18(11-9-17)24-29(27,28)19-6-4-3-5-7-19/h3-14,24H,15H2,1-2H3,(H,23,26). The molecule has 0 atom stereocenters. The molecule has 3 rings (SSSR count). The molecule has 8 heteroatoms. The van der Waals surface area contributed by atoms with Gasteiger partial charge in [0.25, 0.3) is 15.9 Å². The van der Waals surface area contributed by atoms with Crippen LogP contribution in [0.1, 0.15) is 15.9 Å². The number of sulfonamides is 1.